The highest BCUT2D eigenvalue weighted by Crippen LogP contribution is 2.39. The maximum Gasteiger partial charge on any atom is 0.113 e. The lowest BCUT2D eigenvalue weighted by atomic mass is 10.2. The Kier molecular flexibility index (Phi) is 4.80. The first-order valence-corrected chi connectivity index (χ1v) is 13.8. The molecule has 0 unspecified atom stereocenters. The minimum Gasteiger partial charge on any atom is -0.280 e. The molecule has 38 heavy (non-hydrogen) atoms. The Balaban J connectivity index is 1.07. The van der Waals surface area contributed by atoms with Gasteiger partial charge in [-0.15, -0.1) is 10.2 Å². The standard InChI is InChI=1S/C31H19N5S2/c1-3-7-23-20(5-1)15-30-26(23)18-35(37-30)13-11-22-9-10-25-28(33-34-29(25)17-32-22)12-14-36-19-27-24-8-4-2-6-21(24)16-31(27)38-36/h1-19H/b13-11+,14-12+. The Morgan fingerprint density at radius 3 is 1.95 bits per heavy atom. The summed E-state index contributed by atoms with van der Waals surface area (Å²) in [5.41, 5.74) is 6.00. The van der Waals surface area contributed by atoms with Crippen LogP contribution in [-0.4, -0.2) is 23.1 Å². The minimum absolute atomic E-state index is 0.777. The zero-order chi connectivity index (χ0) is 25.1. The van der Waals surface area contributed by atoms with Crippen LogP contribution in [0.2, 0.25) is 0 Å². The van der Waals surface area contributed by atoms with Gasteiger partial charge in [-0.3, -0.25) is 12.9 Å². The van der Waals surface area contributed by atoms with Crippen LogP contribution in [-0.2, 0) is 0 Å². The van der Waals surface area contributed by atoms with E-state index in [0.717, 1.165) is 22.6 Å². The quantitative estimate of drug-likeness (QED) is 0.231. The molecule has 180 valence electrons. The molecule has 0 saturated carbocycles. The van der Waals surface area contributed by atoms with Crippen LogP contribution in [0.25, 0.3) is 78.2 Å². The number of aromatic nitrogens is 5. The van der Waals surface area contributed by atoms with Crippen molar-refractivity contribution in [2.75, 3.05) is 0 Å². The molecule has 8 rings (SSSR count). The molecule has 2 aliphatic carbocycles. The van der Waals surface area contributed by atoms with Crippen molar-refractivity contribution in [1.29, 1.82) is 0 Å². The predicted octanol–water partition coefficient (Wildman–Crippen LogP) is 8.47. The Morgan fingerprint density at radius 2 is 1.26 bits per heavy atom. The highest BCUT2D eigenvalue weighted by molar-refractivity contribution is 7.11. The van der Waals surface area contributed by atoms with E-state index in [1.807, 2.05) is 30.5 Å². The molecule has 0 radical (unpaired) electrons. The highest BCUT2D eigenvalue weighted by Gasteiger charge is 2.14. The molecule has 0 fully saturated rings. The van der Waals surface area contributed by atoms with Crippen LogP contribution in [0, 0.1) is 0 Å². The SMILES string of the molecule is C(=C\n1cc2c3ccccc3cc-2s1)/c1ccc2c(/C=C/n3cc4c5ccccc5cc-4s3)nnc-2cn1. The van der Waals surface area contributed by atoms with Crippen molar-refractivity contribution in [2.24, 2.45) is 0 Å². The van der Waals surface area contributed by atoms with Gasteiger partial charge < -0.3 is 0 Å². The minimum atomic E-state index is 0.777. The molecule has 6 aliphatic rings. The summed E-state index contributed by atoms with van der Waals surface area (Å²) in [6.07, 6.45) is 14.3. The number of fused-ring (bicyclic) bond motifs is 7. The Morgan fingerprint density at radius 1 is 0.632 bits per heavy atom. The van der Waals surface area contributed by atoms with Crippen LogP contribution in [0.4, 0.5) is 0 Å². The molecular formula is C31H19N5S2. The third kappa shape index (κ3) is 3.55. The molecule has 7 heteroatoms. The molecular weight excluding hydrogens is 507 g/mol. The molecule has 0 N–H and O–H groups in total. The van der Waals surface area contributed by atoms with Crippen molar-refractivity contribution in [3.63, 3.8) is 0 Å². The maximum absolute atomic E-state index is 4.63. The van der Waals surface area contributed by atoms with E-state index < -0.39 is 0 Å². The Hall–Kier alpha value is -4.59. The molecule has 0 saturated heterocycles. The Bertz CT molecular complexity index is 2050. The van der Waals surface area contributed by atoms with E-state index in [-0.39, 0.29) is 0 Å². The lowest BCUT2D eigenvalue weighted by Crippen LogP contribution is -1.78. The molecule has 0 spiro atoms. The first kappa shape index (κ1) is 21.5. The average molecular weight is 526 g/mol. The van der Waals surface area contributed by atoms with Gasteiger partial charge in [0.05, 0.1) is 27.3 Å². The molecule has 0 aromatic heterocycles. The zero-order valence-corrected chi connectivity index (χ0v) is 21.7. The summed E-state index contributed by atoms with van der Waals surface area (Å²) >= 11 is 3.44. The summed E-state index contributed by atoms with van der Waals surface area (Å²) in [4.78, 5) is 7.19. The number of hydrogen-bond donors (Lipinski definition) is 0. The molecule has 2 aromatic carbocycles. The van der Waals surface area contributed by atoms with Gasteiger partial charge in [-0.05, 0) is 58.0 Å². The van der Waals surface area contributed by atoms with E-state index in [1.165, 1.54) is 42.4 Å². The molecule has 0 atom stereocenters. The van der Waals surface area contributed by atoms with Crippen molar-refractivity contribution in [1.82, 2.24) is 23.1 Å². The first-order valence-electron chi connectivity index (χ1n) is 12.3. The van der Waals surface area contributed by atoms with Crippen LogP contribution in [0.1, 0.15) is 11.4 Å². The Labute approximate surface area is 226 Å². The number of rotatable bonds is 4. The number of nitrogens with zero attached hydrogens (tertiary/aromatic N) is 5. The highest BCUT2D eigenvalue weighted by atomic mass is 32.1. The lowest BCUT2D eigenvalue weighted by molar-refractivity contribution is 1.08. The summed E-state index contributed by atoms with van der Waals surface area (Å²) in [7, 11) is 0. The van der Waals surface area contributed by atoms with Crippen molar-refractivity contribution < 1.29 is 0 Å². The van der Waals surface area contributed by atoms with E-state index in [4.69, 9.17) is 0 Å². The summed E-state index contributed by atoms with van der Waals surface area (Å²) < 4.78 is 4.25. The van der Waals surface area contributed by atoms with Gasteiger partial charge in [0.25, 0.3) is 0 Å². The van der Waals surface area contributed by atoms with E-state index in [2.05, 4.69) is 102 Å². The second-order valence-corrected chi connectivity index (χ2v) is 11.3. The first-order chi connectivity index (χ1) is 18.8. The fraction of sp³-hybridized carbons (Fsp3) is 0. The van der Waals surface area contributed by atoms with Gasteiger partial charge in [0.2, 0.25) is 0 Å². The van der Waals surface area contributed by atoms with Gasteiger partial charge >= 0.3 is 0 Å². The summed E-state index contributed by atoms with van der Waals surface area (Å²) in [6, 6.07) is 25.6. The van der Waals surface area contributed by atoms with Crippen molar-refractivity contribution in [2.45, 2.75) is 0 Å². The van der Waals surface area contributed by atoms with Crippen LogP contribution in [0.5, 0.6) is 0 Å². The lowest BCUT2D eigenvalue weighted by Gasteiger charge is -1.92. The average Bonchev–Trinajstić information content (AvgIpc) is 3.72. The second kappa shape index (κ2) is 8.48. The summed E-state index contributed by atoms with van der Waals surface area (Å²) in [6.45, 7) is 0. The van der Waals surface area contributed by atoms with Crippen molar-refractivity contribution >= 4 is 69.2 Å². The molecule has 2 aromatic rings. The molecule has 4 heterocycles. The molecule has 0 bridgehead atoms. The topological polar surface area (TPSA) is 48.5 Å². The van der Waals surface area contributed by atoms with E-state index in [0.29, 0.717) is 0 Å². The fourth-order valence-electron chi connectivity index (χ4n) is 5.01. The van der Waals surface area contributed by atoms with Crippen LogP contribution in [0.15, 0.2) is 91.4 Å². The van der Waals surface area contributed by atoms with Gasteiger partial charge in [0, 0.05) is 41.5 Å². The van der Waals surface area contributed by atoms with Crippen molar-refractivity contribution in [3.05, 3.63) is 103 Å². The molecule has 0 amide bonds. The van der Waals surface area contributed by atoms with Crippen LogP contribution >= 0.6 is 23.1 Å². The van der Waals surface area contributed by atoms with E-state index >= 15 is 0 Å². The summed E-state index contributed by atoms with van der Waals surface area (Å²) in [5, 5.41) is 13.9. The monoisotopic (exact) mass is 525 g/mol. The van der Waals surface area contributed by atoms with Gasteiger partial charge in [-0.25, -0.2) is 0 Å². The zero-order valence-electron chi connectivity index (χ0n) is 20.0. The largest absolute Gasteiger partial charge is 0.280 e. The van der Waals surface area contributed by atoms with E-state index in [9.17, 15) is 0 Å². The third-order valence-electron chi connectivity index (χ3n) is 6.87. The normalized spacial score (nSPS) is 12.5. The van der Waals surface area contributed by atoms with Crippen LogP contribution < -0.4 is 0 Å². The fourth-order valence-corrected chi connectivity index (χ4v) is 6.91. The summed E-state index contributed by atoms with van der Waals surface area (Å²) in [5.74, 6) is 0. The maximum atomic E-state index is 4.63. The third-order valence-corrected chi connectivity index (χ3v) is 8.82. The van der Waals surface area contributed by atoms with Crippen molar-refractivity contribution in [3.8, 4) is 32.1 Å². The number of benzene rings is 2. The smallest absolute Gasteiger partial charge is 0.113 e. The predicted molar refractivity (Wildman–Crippen MR) is 160 cm³/mol. The van der Waals surface area contributed by atoms with Gasteiger partial charge in [0.1, 0.15) is 5.69 Å². The van der Waals surface area contributed by atoms with Gasteiger partial charge in [-0.1, -0.05) is 71.6 Å². The molecule has 5 nitrogen and oxygen atoms in total. The van der Waals surface area contributed by atoms with Gasteiger partial charge in [-0.2, -0.15) is 0 Å². The van der Waals surface area contributed by atoms with E-state index in [1.54, 1.807) is 29.3 Å². The molecule has 4 aliphatic heterocycles. The van der Waals surface area contributed by atoms with Gasteiger partial charge in [0.15, 0.2) is 0 Å². The van der Waals surface area contributed by atoms with Crippen LogP contribution in [0.3, 0.4) is 0 Å². The number of hydrogen-bond acceptors (Lipinski definition) is 5. The second-order valence-electron chi connectivity index (χ2n) is 9.21.